The van der Waals surface area contributed by atoms with E-state index in [4.69, 9.17) is 5.73 Å². The fourth-order valence-corrected chi connectivity index (χ4v) is 1.85. The molecule has 2 rings (SSSR count). The van der Waals surface area contributed by atoms with Crippen LogP contribution in [0.1, 0.15) is 13.8 Å². The van der Waals surface area contributed by atoms with Gasteiger partial charge in [0.1, 0.15) is 0 Å². The zero-order valence-corrected chi connectivity index (χ0v) is 8.19. The highest BCUT2D eigenvalue weighted by atomic mass is 32.1. The van der Waals surface area contributed by atoms with Crippen LogP contribution in [-0.2, 0) is 0 Å². The Hall–Kier alpha value is -1.02. The Morgan fingerprint density at radius 1 is 1.17 bits per heavy atom. The lowest BCUT2D eigenvalue weighted by Crippen LogP contribution is -1.78. The summed E-state index contributed by atoms with van der Waals surface area (Å²) in [6, 6.07) is 8.15. The third-order valence-electron chi connectivity index (χ3n) is 1.51. The summed E-state index contributed by atoms with van der Waals surface area (Å²) in [6.07, 6.45) is 0. The van der Waals surface area contributed by atoms with E-state index in [0.717, 1.165) is 5.69 Å². The van der Waals surface area contributed by atoms with E-state index in [1.54, 1.807) is 11.3 Å². The Morgan fingerprint density at radius 2 is 1.83 bits per heavy atom. The summed E-state index contributed by atoms with van der Waals surface area (Å²) in [5.41, 5.74) is 6.58. The van der Waals surface area contributed by atoms with Crippen LogP contribution < -0.4 is 5.73 Å². The van der Waals surface area contributed by atoms with Crippen LogP contribution in [0.15, 0.2) is 29.6 Å². The molecule has 2 heteroatoms. The largest absolute Gasteiger partial charge is 0.398 e. The highest BCUT2D eigenvalue weighted by Gasteiger charge is 1.96. The van der Waals surface area contributed by atoms with Gasteiger partial charge < -0.3 is 5.73 Å². The third-order valence-corrected chi connectivity index (χ3v) is 2.49. The molecule has 1 heterocycles. The zero-order valence-electron chi connectivity index (χ0n) is 7.37. The molecule has 0 bridgehead atoms. The first-order valence-electron chi connectivity index (χ1n) is 4.09. The molecule has 0 fully saturated rings. The Bertz CT molecular complexity index is 351. The maximum atomic E-state index is 5.69. The second kappa shape index (κ2) is 4.12. The van der Waals surface area contributed by atoms with Gasteiger partial charge in [-0.15, -0.1) is 11.3 Å². The second-order valence-corrected chi connectivity index (χ2v) is 3.10. The maximum absolute atomic E-state index is 5.69. The first kappa shape index (κ1) is 9.07. The highest BCUT2D eigenvalue weighted by molar-refractivity contribution is 7.17. The van der Waals surface area contributed by atoms with Gasteiger partial charge in [-0.25, -0.2) is 0 Å². The molecule has 0 aliphatic carbocycles. The van der Waals surface area contributed by atoms with Crippen molar-refractivity contribution in [3.8, 4) is 0 Å². The van der Waals surface area contributed by atoms with Crippen molar-refractivity contribution in [2.45, 2.75) is 13.8 Å². The summed E-state index contributed by atoms with van der Waals surface area (Å²) in [7, 11) is 0. The van der Waals surface area contributed by atoms with Crippen LogP contribution in [0.2, 0.25) is 0 Å². The van der Waals surface area contributed by atoms with E-state index < -0.39 is 0 Å². The van der Waals surface area contributed by atoms with Crippen molar-refractivity contribution in [1.29, 1.82) is 0 Å². The van der Waals surface area contributed by atoms with Gasteiger partial charge in [-0.1, -0.05) is 32.0 Å². The van der Waals surface area contributed by atoms with E-state index in [-0.39, 0.29) is 0 Å². The molecule has 0 spiro atoms. The van der Waals surface area contributed by atoms with Crippen LogP contribution in [0, 0.1) is 0 Å². The number of thiophene rings is 1. The molecule has 1 aromatic heterocycles. The number of hydrogen-bond acceptors (Lipinski definition) is 2. The highest BCUT2D eigenvalue weighted by Crippen LogP contribution is 2.26. The van der Waals surface area contributed by atoms with Gasteiger partial charge in [-0.2, -0.15) is 0 Å². The monoisotopic (exact) mass is 179 g/mol. The Labute approximate surface area is 76.8 Å². The fraction of sp³-hybridized carbons (Fsp3) is 0.200. The summed E-state index contributed by atoms with van der Waals surface area (Å²) in [5.74, 6) is 0. The number of hydrogen-bond donors (Lipinski definition) is 1. The van der Waals surface area contributed by atoms with Crippen molar-refractivity contribution in [2.24, 2.45) is 0 Å². The fourth-order valence-electron chi connectivity index (χ4n) is 0.998. The van der Waals surface area contributed by atoms with Gasteiger partial charge in [0.15, 0.2) is 0 Å². The zero-order chi connectivity index (χ0) is 8.97. The SMILES string of the molecule is CC.Nc1csc2ccccc12. The molecular formula is C10H13NS. The molecule has 0 atom stereocenters. The van der Waals surface area contributed by atoms with Gasteiger partial charge in [-0.05, 0) is 6.07 Å². The molecule has 1 nitrogen and oxygen atoms in total. The van der Waals surface area contributed by atoms with Gasteiger partial charge in [0.25, 0.3) is 0 Å². The smallest absolute Gasteiger partial charge is 0.0502 e. The average molecular weight is 179 g/mol. The number of anilines is 1. The molecule has 1 aromatic carbocycles. The Balaban J connectivity index is 0.000000336. The lowest BCUT2D eigenvalue weighted by Gasteiger charge is -1.87. The molecule has 0 aliphatic rings. The van der Waals surface area contributed by atoms with E-state index in [1.165, 1.54) is 10.1 Å². The van der Waals surface area contributed by atoms with Gasteiger partial charge >= 0.3 is 0 Å². The van der Waals surface area contributed by atoms with Crippen molar-refractivity contribution in [1.82, 2.24) is 0 Å². The minimum Gasteiger partial charge on any atom is -0.398 e. The van der Waals surface area contributed by atoms with Gasteiger partial charge in [0, 0.05) is 15.5 Å². The lowest BCUT2D eigenvalue weighted by atomic mass is 10.2. The first-order chi connectivity index (χ1) is 5.88. The summed E-state index contributed by atoms with van der Waals surface area (Å²) >= 11 is 1.69. The quantitative estimate of drug-likeness (QED) is 0.658. The molecular weight excluding hydrogens is 166 g/mol. The van der Waals surface area contributed by atoms with Crippen LogP contribution >= 0.6 is 11.3 Å². The minimum atomic E-state index is 0.889. The van der Waals surface area contributed by atoms with Crippen molar-refractivity contribution >= 4 is 27.1 Å². The van der Waals surface area contributed by atoms with Crippen molar-refractivity contribution < 1.29 is 0 Å². The molecule has 0 amide bonds. The second-order valence-electron chi connectivity index (χ2n) is 2.19. The summed E-state index contributed by atoms with van der Waals surface area (Å²) in [5, 5.41) is 3.15. The van der Waals surface area contributed by atoms with E-state index in [2.05, 4.69) is 6.07 Å². The predicted molar refractivity (Wildman–Crippen MR) is 57.6 cm³/mol. The number of nitrogens with two attached hydrogens (primary N) is 1. The molecule has 0 unspecified atom stereocenters. The normalized spacial score (nSPS) is 9.17. The molecule has 12 heavy (non-hydrogen) atoms. The molecule has 0 radical (unpaired) electrons. The van der Waals surface area contributed by atoms with Crippen LogP contribution in [0.25, 0.3) is 10.1 Å². The predicted octanol–water partition coefficient (Wildman–Crippen LogP) is 3.51. The van der Waals surface area contributed by atoms with Crippen LogP contribution in [0.5, 0.6) is 0 Å². The molecule has 2 N–H and O–H groups in total. The third kappa shape index (κ3) is 1.59. The Morgan fingerprint density at radius 3 is 2.50 bits per heavy atom. The maximum Gasteiger partial charge on any atom is 0.0502 e. The summed E-state index contributed by atoms with van der Waals surface area (Å²) < 4.78 is 1.26. The molecule has 0 saturated heterocycles. The van der Waals surface area contributed by atoms with E-state index in [1.807, 2.05) is 37.4 Å². The topological polar surface area (TPSA) is 26.0 Å². The summed E-state index contributed by atoms with van der Waals surface area (Å²) in [6.45, 7) is 4.00. The molecule has 64 valence electrons. The number of fused-ring (bicyclic) bond motifs is 1. The number of rotatable bonds is 0. The molecule has 0 aliphatic heterocycles. The Kier molecular flexibility index (Phi) is 3.11. The molecule has 2 aromatic rings. The van der Waals surface area contributed by atoms with Crippen LogP contribution in [-0.4, -0.2) is 0 Å². The van der Waals surface area contributed by atoms with Crippen LogP contribution in [0.4, 0.5) is 5.69 Å². The van der Waals surface area contributed by atoms with Crippen molar-refractivity contribution in [3.05, 3.63) is 29.6 Å². The lowest BCUT2D eigenvalue weighted by molar-refractivity contribution is 1.50. The van der Waals surface area contributed by atoms with Gasteiger partial charge in [-0.3, -0.25) is 0 Å². The summed E-state index contributed by atoms with van der Waals surface area (Å²) in [4.78, 5) is 0. The first-order valence-corrected chi connectivity index (χ1v) is 4.97. The van der Waals surface area contributed by atoms with E-state index in [0.29, 0.717) is 0 Å². The standard InChI is InChI=1S/C8H7NS.C2H6/c9-7-5-10-8-4-2-1-3-6(7)8;1-2/h1-5H,9H2;1-2H3. The van der Waals surface area contributed by atoms with Gasteiger partial charge in [0.2, 0.25) is 0 Å². The van der Waals surface area contributed by atoms with Crippen molar-refractivity contribution in [3.63, 3.8) is 0 Å². The van der Waals surface area contributed by atoms with E-state index in [9.17, 15) is 0 Å². The van der Waals surface area contributed by atoms with Crippen molar-refractivity contribution in [2.75, 3.05) is 5.73 Å². The van der Waals surface area contributed by atoms with E-state index >= 15 is 0 Å². The number of benzene rings is 1. The number of nitrogen functional groups attached to an aromatic ring is 1. The average Bonchev–Trinajstić information content (AvgIpc) is 2.53. The molecule has 0 saturated carbocycles. The van der Waals surface area contributed by atoms with Crippen LogP contribution in [0.3, 0.4) is 0 Å². The minimum absolute atomic E-state index is 0.889. The van der Waals surface area contributed by atoms with Gasteiger partial charge in [0.05, 0.1) is 5.69 Å².